The minimum absolute atomic E-state index is 0.0725. The molecule has 9 nitrogen and oxygen atoms in total. The molecule has 2 rings (SSSR count). The Hall–Kier alpha value is -3.62. The lowest BCUT2D eigenvalue weighted by atomic mass is 10.1. The van der Waals surface area contributed by atoms with Crippen molar-refractivity contribution in [1.29, 1.82) is 0 Å². The van der Waals surface area contributed by atoms with Crippen LogP contribution in [0.3, 0.4) is 0 Å². The van der Waals surface area contributed by atoms with Gasteiger partial charge in [-0.25, -0.2) is 0 Å². The van der Waals surface area contributed by atoms with Gasteiger partial charge in [-0.15, -0.1) is 0 Å². The third-order valence-corrected chi connectivity index (χ3v) is 3.69. The first kappa shape index (κ1) is 19.7. The maximum absolute atomic E-state index is 12.1. The fourth-order valence-electron chi connectivity index (χ4n) is 2.27. The lowest BCUT2D eigenvalue weighted by Crippen LogP contribution is -2.34. The molecule has 0 unspecified atom stereocenters. The van der Waals surface area contributed by atoms with Crippen LogP contribution in [0.2, 0.25) is 0 Å². The fourth-order valence-corrected chi connectivity index (χ4v) is 2.27. The van der Waals surface area contributed by atoms with Crippen molar-refractivity contribution in [2.45, 2.75) is 0 Å². The number of amides is 2. The van der Waals surface area contributed by atoms with Crippen molar-refractivity contribution in [3.63, 3.8) is 0 Å². The van der Waals surface area contributed by atoms with Crippen molar-refractivity contribution < 1.29 is 24.0 Å². The second-order valence-electron chi connectivity index (χ2n) is 5.38. The highest BCUT2D eigenvalue weighted by molar-refractivity contribution is 5.95. The van der Waals surface area contributed by atoms with E-state index < -0.39 is 10.8 Å². The van der Waals surface area contributed by atoms with E-state index >= 15 is 0 Å². The molecule has 2 aromatic carbocycles. The summed E-state index contributed by atoms with van der Waals surface area (Å²) in [6, 6.07) is 10.5. The minimum Gasteiger partial charge on any atom is -0.497 e. The zero-order valence-electron chi connectivity index (χ0n) is 14.9. The Morgan fingerprint density at radius 1 is 0.926 bits per heavy atom. The van der Waals surface area contributed by atoms with Gasteiger partial charge in [0.2, 0.25) is 0 Å². The van der Waals surface area contributed by atoms with Crippen molar-refractivity contribution in [3.05, 3.63) is 63.7 Å². The molecule has 0 bridgehead atoms. The normalized spacial score (nSPS) is 10.0. The summed E-state index contributed by atoms with van der Waals surface area (Å²) < 4.78 is 9.92. The van der Waals surface area contributed by atoms with E-state index in [9.17, 15) is 19.7 Å². The third-order valence-electron chi connectivity index (χ3n) is 3.69. The van der Waals surface area contributed by atoms with E-state index in [-0.39, 0.29) is 36.0 Å². The van der Waals surface area contributed by atoms with E-state index in [4.69, 9.17) is 9.47 Å². The van der Waals surface area contributed by atoms with E-state index in [2.05, 4.69) is 10.6 Å². The zero-order valence-corrected chi connectivity index (χ0v) is 14.9. The second-order valence-corrected chi connectivity index (χ2v) is 5.38. The van der Waals surface area contributed by atoms with E-state index in [0.717, 1.165) is 6.07 Å². The Morgan fingerprint density at radius 3 is 2.00 bits per heavy atom. The molecular weight excluding hydrogens is 354 g/mol. The van der Waals surface area contributed by atoms with Crippen molar-refractivity contribution in [2.24, 2.45) is 0 Å². The summed E-state index contributed by atoms with van der Waals surface area (Å²) in [5, 5.41) is 16.3. The molecule has 0 radical (unpaired) electrons. The van der Waals surface area contributed by atoms with Crippen LogP contribution in [0.4, 0.5) is 5.69 Å². The van der Waals surface area contributed by atoms with E-state index in [1.165, 1.54) is 26.4 Å². The van der Waals surface area contributed by atoms with Crippen LogP contribution in [0, 0.1) is 10.1 Å². The van der Waals surface area contributed by atoms with Crippen molar-refractivity contribution >= 4 is 17.5 Å². The molecule has 2 amide bonds. The van der Waals surface area contributed by atoms with E-state index in [1.807, 2.05) is 0 Å². The Balaban J connectivity index is 1.86. The number of nitrogens with one attached hydrogen (secondary N) is 2. The number of rotatable bonds is 8. The van der Waals surface area contributed by atoms with Crippen LogP contribution in [0.5, 0.6) is 11.5 Å². The summed E-state index contributed by atoms with van der Waals surface area (Å²) in [6.07, 6.45) is 0. The number of nitro groups is 1. The SMILES string of the molecule is COc1ccc(C(=O)NCCNC(=O)c2ccc(OC)c([N+](=O)[O-])c2)cc1. The number of carbonyl (C=O) groups is 2. The highest BCUT2D eigenvalue weighted by Gasteiger charge is 2.18. The standard InChI is InChI=1S/C18H19N3O6/c1-26-14-6-3-12(4-7-14)17(22)19-9-10-20-18(23)13-5-8-16(27-2)15(11-13)21(24)25/h3-8,11H,9-10H2,1-2H3,(H,19,22)(H,20,23). The summed E-state index contributed by atoms with van der Waals surface area (Å²) in [4.78, 5) is 34.5. The molecule has 0 aromatic heterocycles. The van der Waals surface area contributed by atoms with E-state index in [1.54, 1.807) is 24.3 Å². The molecule has 0 heterocycles. The topological polar surface area (TPSA) is 120 Å². The first-order valence-corrected chi connectivity index (χ1v) is 7.99. The average molecular weight is 373 g/mol. The molecule has 0 aliphatic rings. The van der Waals surface area contributed by atoms with Gasteiger partial charge in [0, 0.05) is 30.3 Å². The molecule has 27 heavy (non-hydrogen) atoms. The molecule has 0 atom stereocenters. The van der Waals surface area contributed by atoms with Crippen LogP contribution in [0.1, 0.15) is 20.7 Å². The second kappa shape index (κ2) is 9.18. The molecule has 0 saturated heterocycles. The Bertz CT molecular complexity index is 835. The maximum Gasteiger partial charge on any atom is 0.311 e. The van der Waals surface area contributed by atoms with Gasteiger partial charge >= 0.3 is 5.69 Å². The van der Waals surface area contributed by atoms with Gasteiger partial charge in [-0.05, 0) is 36.4 Å². The molecule has 2 aromatic rings. The van der Waals surface area contributed by atoms with Crippen LogP contribution in [-0.4, -0.2) is 44.0 Å². The number of nitro benzene ring substituents is 1. The number of ether oxygens (including phenoxy) is 2. The summed E-state index contributed by atoms with van der Waals surface area (Å²) in [6.45, 7) is 0.370. The van der Waals surface area contributed by atoms with Gasteiger partial charge in [0.25, 0.3) is 11.8 Å². The first-order valence-electron chi connectivity index (χ1n) is 7.99. The molecular formula is C18H19N3O6. The molecule has 2 N–H and O–H groups in total. The quantitative estimate of drug-likeness (QED) is 0.413. The van der Waals surface area contributed by atoms with Crippen molar-refractivity contribution in [2.75, 3.05) is 27.3 Å². The van der Waals surface area contributed by atoms with Gasteiger partial charge in [0.15, 0.2) is 5.75 Å². The number of hydrogen-bond donors (Lipinski definition) is 2. The Kier molecular flexibility index (Phi) is 6.70. The van der Waals surface area contributed by atoms with Crippen LogP contribution >= 0.6 is 0 Å². The van der Waals surface area contributed by atoms with Gasteiger partial charge in [-0.1, -0.05) is 0 Å². The predicted octanol–water partition coefficient (Wildman–Crippen LogP) is 1.77. The third kappa shape index (κ3) is 5.18. The van der Waals surface area contributed by atoms with E-state index in [0.29, 0.717) is 11.3 Å². The fraction of sp³-hybridized carbons (Fsp3) is 0.222. The molecule has 9 heteroatoms. The molecule has 0 aliphatic carbocycles. The summed E-state index contributed by atoms with van der Waals surface area (Å²) in [5.41, 5.74) is 0.301. The average Bonchev–Trinajstić information content (AvgIpc) is 2.70. The lowest BCUT2D eigenvalue weighted by molar-refractivity contribution is -0.385. The van der Waals surface area contributed by atoms with Crippen LogP contribution in [0.25, 0.3) is 0 Å². The lowest BCUT2D eigenvalue weighted by Gasteiger charge is -2.08. The summed E-state index contributed by atoms with van der Waals surface area (Å²) in [5.74, 6) is -0.0536. The van der Waals surface area contributed by atoms with Crippen LogP contribution in [0.15, 0.2) is 42.5 Å². The maximum atomic E-state index is 12.1. The van der Waals surface area contributed by atoms with Crippen LogP contribution in [-0.2, 0) is 0 Å². The van der Waals surface area contributed by atoms with Gasteiger partial charge in [-0.2, -0.15) is 0 Å². The molecule has 0 fully saturated rings. The summed E-state index contributed by atoms with van der Waals surface area (Å²) >= 11 is 0. The summed E-state index contributed by atoms with van der Waals surface area (Å²) in [7, 11) is 2.85. The predicted molar refractivity (Wildman–Crippen MR) is 97.3 cm³/mol. The highest BCUT2D eigenvalue weighted by atomic mass is 16.6. The number of carbonyl (C=O) groups excluding carboxylic acids is 2. The molecule has 142 valence electrons. The monoisotopic (exact) mass is 373 g/mol. The van der Waals surface area contributed by atoms with Crippen molar-refractivity contribution in [1.82, 2.24) is 10.6 Å². The van der Waals surface area contributed by atoms with Crippen molar-refractivity contribution in [3.8, 4) is 11.5 Å². The Morgan fingerprint density at radius 2 is 1.48 bits per heavy atom. The molecule has 0 spiro atoms. The largest absolute Gasteiger partial charge is 0.497 e. The van der Waals surface area contributed by atoms with Gasteiger partial charge < -0.3 is 20.1 Å². The number of hydrogen-bond acceptors (Lipinski definition) is 6. The minimum atomic E-state index is -0.620. The van der Waals surface area contributed by atoms with Gasteiger partial charge in [0.05, 0.1) is 19.1 Å². The number of methoxy groups -OCH3 is 2. The van der Waals surface area contributed by atoms with Gasteiger partial charge in [0.1, 0.15) is 5.75 Å². The molecule has 0 aliphatic heterocycles. The smallest absolute Gasteiger partial charge is 0.311 e. The zero-order chi connectivity index (χ0) is 19.8. The highest BCUT2D eigenvalue weighted by Crippen LogP contribution is 2.27. The number of benzene rings is 2. The Labute approximate surface area is 155 Å². The van der Waals surface area contributed by atoms with Gasteiger partial charge in [-0.3, -0.25) is 19.7 Å². The number of nitrogens with zero attached hydrogens (tertiary/aromatic N) is 1. The first-order chi connectivity index (χ1) is 13.0. The van der Waals surface area contributed by atoms with Crippen LogP contribution < -0.4 is 20.1 Å². The molecule has 0 saturated carbocycles.